The standard InChI is InChI=1S/C18H18N4O5/c1-24-13-7-5-6-11(8-13)16(23)18-19-20-21-22(18)12-9-14(25-2)17(27-4)15(10-12)26-3/h5-10H,1-4H3. The van der Waals surface area contributed by atoms with Gasteiger partial charge in [-0.25, -0.2) is 0 Å². The molecule has 0 unspecified atom stereocenters. The van der Waals surface area contributed by atoms with Crippen molar-refractivity contribution in [1.29, 1.82) is 0 Å². The summed E-state index contributed by atoms with van der Waals surface area (Å²) >= 11 is 0. The summed E-state index contributed by atoms with van der Waals surface area (Å²) in [6.45, 7) is 0. The van der Waals surface area contributed by atoms with Crippen LogP contribution in [0.1, 0.15) is 16.2 Å². The number of hydrogen-bond acceptors (Lipinski definition) is 8. The second kappa shape index (κ2) is 7.73. The first-order valence-electron chi connectivity index (χ1n) is 7.90. The van der Waals surface area contributed by atoms with Crippen LogP contribution in [0, 0.1) is 0 Å². The molecule has 3 rings (SSSR count). The van der Waals surface area contributed by atoms with E-state index in [-0.39, 0.29) is 11.6 Å². The normalized spacial score (nSPS) is 10.4. The lowest BCUT2D eigenvalue weighted by atomic mass is 10.1. The predicted octanol–water partition coefficient (Wildman–Crippen LogP) is 1.93. The Morgan fingerprint density at radius 3 is 2.22 bits per heavy atom. The van der Waals surface area contributed by atoms with Crippen molar-refractivity contribution in [2.24, 2.45) is 0 Å². The Balaban J connectivity index is 2.08. The van der Waals surface area contributed by atoms with Crippen molar-refractivity contribution in [3.63, 3.8) is 0 Å². The van der Waals surface area contributed by atoms with E-state index in [2.05, 4.69) is 15.5 Å². The first-order valence-corrected chi connectivity index (χ1v) is 7.90. The summed E-state index contributed by atoms with van der Waals surface area (Å²) in [5.41, 5.74) is 0.888. The van der Waals surface area contributed by atoms with Crippen LogP contribution in [0.25, 0.3) is 5.69 Å². The molecule has 9 nitrogen and oxygen atoms in total. The Kier molecular flexibility index (Phi) is 5.20. The van der Waals surface area contributed by atoms with Gasteiger partial charge in [0.2, 0.25) is 17.4 Å². The summed E-state index contributed by atoms with van der Waals surface area (Å²) in [7, 11) is 6.05. The van der Waals surface area contributed by atoms with E-state index in [1.54, 1.807) is 36.4 Å². The van der Waals surface area contributed by atoms with Gasteiger partial charge in [0.25, 0.3) is 0 Å². The summed E-state index contributed by atoms with van der Waals surface area (Å²) in [4.78, 5) is 12.9. The first kappa shape index (κ1) is 18.2. The third-order valence-corrected chi connectivity index (χ3v) is 3.90. The van der Waals surface area contributed by atoms with E-state index in [0.29, 0.717) is 34.2 Å². The molecule has 0 saturated heterocycles. The molecule has 1 heterocycles. The van der Waals surface area contributed by atoms with Crippen LogP contribution in [-0.2, 0) is 0 Å². The van der Waals surface area contributed by atoms with Gasteiger partial charge >= 0.3 is 0 Å². The minimum Gasteiger partial charge on any atom is -0.497 e. The monoisotopic (exact) mass is 370 g/mol. The molecule has 0 spiro atoms. The number of ether oxygens (including phenoxy) is 4. The van der Waals surface area contributed by atoms with Crippen LogP contribution in [-0.4, -0.2) is 54.4 Å². The summed E-state index contributed by atoms with van der Waals surface area (Å²) in [6.07, 6.45) is 0. The fraction of sp³-hybridized carbons (Fsp3) is 0.222. The van der Waals surface area contributed by atoms with E-state index in [4.69, 9.17) is 18.9 Å². The lowest BCUT2D eigenvalue weighted by molar-refractivity contribution is 0.102. The van der Waals surface area contributed by atoms with E-state index >= 15 is 0 Å². The number of nitrogens with zero attached hydrogens (tertiary/aromatic N) is 4. The van der Waals surface area contributed by atoms with Crippen LogP contribution >= 0.6 is 0 Å². The van der Waals surface area contributed by atoms with E-state index < -0.39 is 0 Å². The zero-order valence-electron chi connectivity index (χ0n) is 15.3. The predicted molar refractivity (Wildman–Crippen MR) is 95.2 cm³/mol. The van der Waals surface area contributed by atoms with Gasteiger partial charge in [0.1, 0.15) is 5.75 Å². The molecule has 0 atom stereocenters. The van der Waals surface area contributed by atoms with Gasteiger partial charge in [0.15, 0.2) is 11.5 Å². The molecule has 0 aliphatic heterocycles. The first-order chi connectivity index (χ1) is 13.1. The van der Waals surface area contributed by atoms with Gasteiger partial charge in [-0.15, -0.1) is 5.10 Å². The third kappa shape index (κ3) is 3.39. The van der Waals surface area contributed by atoms with Gasteiger partial charge in [-0.1, -0.05) is 12.1 Å². The van der Waals surface area contributed by atoms with Crippen molar-refractivity contribution >= 4 is 5.78 Å². The maximum Gasteiger partial charge on any atom is 0.232 e. The van der Waals surface area contributed by atoms with E-state index in [9.17, 15) is 4.79 Å². The number of carbonyl (C=O) groups excluding carboxylic acids is 1. The Morgan fingerprint density at radius 2 is 1.63 bits per heavy atom. The minimum atomic E-state index is -0.354. The molecule has 0 N–H and O–H groups in total. The van der Waals surface area contributed by atoms with Crippen molar-refractivity contribution in [2.45, 2.75) is 0 Å². The van der Waals surface area contributed by atoms with Gasteiger partial charge in [0, 0.05) is 17.7 Å². The molecule has 9 heteroatoms. The van der Waals surface area contributed by atoms with Crippen LogP contribution < -0.4 is 18.9 Å². The van der Waals surface area contributed by atoms with Gasteiger partial charge in [-0.05, 0) is 22.6 Å². The van der Waals surface area contributed by atoms with Gasteiger partial charge < -0.3 is 18.9 Å². The van der Waals surface area contributed by atoms with E-state index in [1.807, 2.05) is 0 Å². The van der Waals surface area contributed by atoms with Gasteiger partial charge in [-0.2, -0.15) is 4.68 Å². The second-order valence-corrected chi connectivity index (χ2v) is 5.36. The molecule has 140 valence electrons. The Bertz CT molecular complexity index is 945. The largest absolute Gasteiger partial charge is 0.497 e. The number of ketones is 1. The lowest BCUT2D eigenvalue weighted by Gasteiger charge is -2.14. The molecule has 0 radical (unpaired) electrons. The number of aromatic nitrogens is 4. The molecular weight excluding hydrogens is 352 g/mol. The summed E-state index contributed by atoms with van der Waals surface area (Å²) < 4.78 is 22.5. The number of hydrogen-bond donors (Lipinski definition) is 0. The maximum absolute atomic E-state index is 12.9. The summed E-state index contributed by atoms with van der Waals surface area (Å²) in [5, 5.41) is 11.4. The zero-order valence-corrected chi connectivity index (χ0v) is 15.3. The second-order valence-electron chi connectivity index (χ2n) is 5.36. The molecule has 0 amide bonds. The number of methoxy groups -OCH3 is 4. The van der Waals surface area contributed by atoms with Crippen molar-refractivity contribution in [3.8, 4) is 28.7 Å². The average Bonchev–Trinajstić information content (AvgIpc) is 3.21. The van der Waals surface area contributed by atoms with Crippen molar-refractivity contribution in [3.05, 3.63) is 47.8 Å². The number of rotatable bonds is 7. The molecule has 0 aliphatic carbocycles. The van der Waals surface area contributed by atoms with Gasteiger partial charge in [0.05, 0.1) is 34.1 Å². The van der Waals surface area contributed by atoms with Crippen LogP contribution in [0.15, 0.2) is 36.4 Å². The summed E-state index contributed by atoms with van der Waals surface area (Å²) in [5.74, 6) is 1.51. The topological polar surface area (TPSA) is 97.6 Å². The molecule has 0 aliphatic rings. The van der Waals surface area contributed by atoms with Crippen LogP contribution in [0.5, 0.6) is 23.0 Å². The zero-order chi connectivity index (χ0) is 19.4. The van der Waals surface area contributed by atoms with Crippen molar-refractivity contribution in [2.75, 3.05) is 28.4 Å². The van der Waals surface area contributed by atoms with E-state index in [0.717, 1.165) is 0 Å². The average molecular weight is 370 g/mol. The highest BCUT2D eigenvalue weighted by molar-refractivity contribution is 6.07. The van der Waals surface area contributed by atoms with Crippen LogP contribution in [0.2, 0.25) is 0 Å². The molecule has 27 heavy (non-hydrogen) atoms. The molecule has 0 bridgehead atoms. The van der Waals surface area contributed by atoms with Crippen molar-refractivity contribution in [1.82, 2.24) is 20.2 Å². The molecule has 3 aromatic rings. The molecule has 1 aromatic heterocycles. The minimum absolute atomic E-state index is 0.0394. The number of carbonyl (C=O) groups is 1. The summed E-state index contributed by atoms with van der Waals surface area (Å²) in [6, 6.07) is 10.1. The highest BCUT2D eigenvalue weighted by atomic mass is 16.5. The van der Waals surface area contributed by atoms with Crippen molar-refractivity contribution < 1.29 is 23.7 Å². The highest BCUT2D eigenvalue weighted by Crippen LogP contribution is 2.39. The van der Waals surface area contributed by atoms with E-state index in [1.165, 1.54) is 33.1 Å². The Morgan fingerprint density at radius 1 is 0.926 bits per heavy atom. The lowest BCUT2D eigenvalue weighted by Crippen LogP contribution is -2.12. The fourth-order valence-corrected chi connectivity index (χ4v) is 2.59. The molecular formula is C18H18N4O5. The van der Waals surface area contributed by atoms with Crippen LogP contribution in [0.4, 0.5) is 0 Å². The number of tetrazole rings is 1. The molecule has 0 fully saturated rings. The molecule has 2 aromatic carbocycles. The SMILES string of the molecule is COc1cccc(C(=O)c2nnnn2-c2cc(OC)c(OC)c(OC)c2)c1. The molecule has 0 saturated carbocycles. The quantitative estimate of drug-likeness (QED) is 0.582. The van der Waals surface area contributed by atoms with Gasteiger partial charge in [-0.3, -0.25) is 4.79 Å². The fourth-order valence-electron chi connectivity index (χ4n) is 2.59. The smallest absolute Gasteiger partial charge is 0.232 e. The van der Waals surface area contributed by atoms with Crippen LogP contribution in [0.3, 0.4) is 0 Å². The Labute approximate surface area is 155 Å². The number of benzene rings is 2. The maximum atomic E-state index is 12.9. The Hall–Kier alpha value is -3.62. The third-order valence-electron chi connectivity index (χ3n) is 3.90. The highest BCUT2D eigenvalue weighted by Gasteiger charge is 2.22.